The van der Waals surface area contributed by atoms with Crippen LogP contribution in [0.4, 0.5) is 4.79 Å². The maximum absolute atomic E-state index is 12.4. The van der Waals surface area contributed by atoms with Crippen LogP contribution in [0.5, 0.6) is 0 Å². The summed E-state index contributed by atoms with van der Waals surface area (Å²) >= 11 is 0. The summed E-state index contributed by atoms with van der Waals surface area (Å²) in [5.74, 6) is -0.398. The van der Waals surface area contributed by atoms with Gasteiger partial charge in [0, 0.05) is 7.05 Å². The summed E-state index contributed by atoms with van der Waals surface area (Å²) in [6.07, 6.45) is 12.8. The first kappa shape index (κ1) is 25.5. The molecule has 0 rings (SSSR count). The molecule has 0 radical (unpaired) electrons. The van der Waals surface area contributed by atoms with Crippen LogP contribution in [-0.2, 0) is 14.3 Å². The van der Waals surface area contributed by atoms with Gasteiger partial charge in [-0.25, -0.2) is 9.59 Å². The van der Waals surface area contributed by atoms with Gasteiger partial charge in [0.1, 0.15) is 6.04 Å². The van der Waals surface area contributed by atoms with Gasteiger partial charge in [-0.3, -0.25) is 4.90 Å². The molecule has 1 amide bonds. The second kappa shape index (κ2) is 16.6. The van der Waals surface area contributed by atoms with E-state index in [1.807, 2.05) is 13.8 Å². The molecule has 0 fully saturated rings. The monoisotopic (exact) mass is 383 g/mol. The molecule has 0 saturated heterocycles. The van der Waals surface area contributed by atoms with E-state index in [1.165, 1.54) is 49.8 Å². The number of esters is 1. The number of likely N-dealkylation sites (N-methyl/N-ethyl adjacent to an activating group) is 1. The van der Waals surface area contributed by atoms with Crippen molar-refractivity contribution in [3.8, 4) is 0 Å². The van der Waals surface area contributed by atoms with Gasteiger partial charge in [-0.2, -0.15) is 0 Å². The van der Waals surface area contributed by atoms with Crippen molar-refractivity contribution < 1.29 is 19.1 Å². The Hall–Kier alpha value is -1.52. The number of hydrogen-bond donors (Lipinski definition) is 0. The van der Waals surface area contributed by atoms with E-state index in [2.05, 4.69) is 13.5 Å². The molecular weight excluding hydrogens is 342 g/mol. The molecule has 0 spiro atoms. The molecule has 27 heavy (non-hydrogen) atoms. The van der Waals surface area contributed by atoms with E-state index in [1.54, 1.807) is 13.1 Å². The fraction of sp³-hybridized carbons (Fsp3) is 0.818. The van der Waals surface area contributed by atoms with E-state index < -0.39 is 12.1 Å². The van der Waals surface area contributed by atoms with Gasteiger partial charge in [0.15, 0.2) is 0 Å². The Kier molecular flexibility index (Phi) is 15.7. The number of ether oxygens (including phenoxy) is 2. The molecule has 0 aliphatic heterocycles. The molecule has 0 heterocycles. The second-order valence-electron chi connectivity index (χ2n) is 7.49. The molecule has 0 aliphatic rings. The fourth-order valence-corrected chi connectivity index (χ4v) is 2.99. The number of unbranched alkanes of at least 4 members (excludes halogenated alkanes) is 8. The highest BCUT2D eigenvalue weighted by Crippen LogP contribution is 2.14. The predicted molar refractivity (Wildman–Crippen MR) is 111 cm³/mol. The average Bonchev–Trinajstić information content (AvgIpc) is 2.63. The minimum Gasteiger partial charge on any atom is -0.464 e. The van der Waals surface area contributed by atoms with Crippen molar-refractivity contribution in [2.75, 3.05) is 20.3 Å². The zero-order chi connectivity index (χ0) is 20.5. The first-order valence-corrected chi connectivity index (χ1v) is 10.6. The van der Waals surface area contributed by atoms with Crippen molar-refractivity contribution in [3.63, 3.8) is 0 Å². The molecule has 5 nitrogen and oxygen atoms in total. The highest BCUT2D eigenvalue weighted by molar-refractivity contribution is 5.81. The van der Waals surface area contributed by atoms with Crippen molar-refractivity contribution in [2.24, 2.45) is 5.92 Å². The molecule has 1 atom stereocenters. The van der Waals surface area contributed by atoms with Crippen LogP contribution in [0.15, 0.2) is 12.7 Å². The summed E-state index contributed by atoms with van der Waals surface area (Å²) in [4.78, 5) is 25.8. The molecule has 1 unspecified atom stereocenters. The molecule has 0 aliphatic carbocycles. The number of amides is 1. The Bertz CT molecular complexity index is 409. The highest BCUT2D eigenvalue weighted by Gasteiger charge is 2.31. The number of carbonyl (C=O) groups is 2. The molecule has 5 heteroatoms. The van der Waals surface area contributed by atoms with Crippen LogP contribution in [0.3, 0.4) is 0 Å². The second-order valence-corrected chi connectivity index (χ2v) is 7.49. The van der Waals surface area contributed by atoms with Crippen LogP contribution in [0, 0.1) is 5.92 Å². The lowest BCUT2D eigenvalue weighted by Gasteiger charge is -2.28. The summed E-state index contributed by atoms with van der Waals surface area (Å²) in [7, 11) is 1.58. The lowest BCUT2D eigenvalue weighted by atomic mass is 10.0. The topological polar surface area (TPSA) is 55.8 Å². The van der Waals surface area contributed by atoms with Crippen LogP contribution in [-0.4, -0.2) is 43.3 Å². The van der Waals surface area contributed by atoms with Crippen LogP contribution in [0.1, 0.15) is 85.0 Å². The summed E-state index contributed by atoms with van der Waals surface area (Å²) in [5.41, 5.74) is 0. The van der Waals surface area contributed by atoms with Crippen molar-refractivity contribution in [1.29, 1.82) is 0 Å². The molecule has 0 N–H and O–H groups in total. The minimum atomic E-state index is -0.625. The van der Waals surface area contributed by atoms with Crippen LogP contribution >= 0.6 is 0 Å². The van der Waals surface area contributed by atoms with Crippen molar-refractivity contribution in [1.82, 2.24) is 4.90 Å². The Labute approximate surface area is 166 Å². The number of hydrogen-bond acceptors (Lipinski definition) is 4. The molecule has 0 aromatic heterocycles. The third-order valence-electron chi connectivity index (χ3n) is 4.62. The van der Waals surface area contributed by atoms with Gasteiger partial charge in [-0.15, -0.1) is 6.58 Å². The summed E-state index contributed by atoms with van der Waals surface area (Å²) in [6, 6.07) is -0.625. The third-order valence-corrected chi connectivity index (χ3v) is 4.62. The van der Waals surface area contributed by atoms with Crippen LogP contribution < -0.4 is 0 Å². The molecule has 0 aromatic rings. The number of carbonyl (C=O) groups excluding carboxylic acids is 2. The zero-order valence-electron chi connectivity index (χ0n) is 18.0. The van der Waals surface area contributed by atoms with Gasteiger partial charge < -0.3 is 9.47 Å². The van der Waals surface area contributed by atoms with E-state index in [-0.39, 0.29) is 18.5 Å². The van der Waals surface area contributed by atoms with Crippen LogP contribution in [0.25, 0.3) is 0 Å². The van der Waals surface area contributed by atoms with Gasteiger partial charge in [-0.05, 0) is 18.8 Å². The van der Waals surface area contributed by atoms with E-state index in [0.29, 0.717) is 13.0 Å². The van der Waals surface area contributed by atoms with Crippen LogP contribution in [0.2, 0.25) is 0 Å². The minimum absolute atomic E-state index is 0.0439. The van der Waals surface area contributed by atoms with Gasteiger partial charge >= 0.3 is 12.1 Å². The normalized spacial score (nSPS) is 11.9. The highest BCUT2D eigenvalue weighted by atomic mass is 16.6. The largest absolute Gasteiger partial charge is 0.464 e. The maximum Gasteiger partial charge on any atom is 0.410 e. The summed E-state index contributed by atoms with van der Waals surface area (Å²) < 4.78 is 10.6. The van der Waals surface area contributed by atoms with E-state index in [9.17, 15) is 9.59 Å². The fourth-order valence-electron chi connectivity index (χ4n) is 2.99. The Morgan fingerprint density at radius 1 is 0.926 bits per heavy atom. The Morgan fingerprint density at radius 2 is 1.48 bits per heavy atom. The quantitative estimate of drug-likeness (QED) is 0.194. The van der Waals surface area contributed by atoms with Gasteiger partial charge in [0.2, 0.25) is 0 Å². The van der Waals surface area contributed by atoms with Gasteiger partial charge in [0.25, 0.3) is 0 Å². The predicted octanol–water partition coefficient (Wildman–Crippen LogP) is 5.73. The van der Waals surface area contributed by atoms with Crippen molar-refractivity contribution in [2.45, 2.75) is 91.0 Å². The number of rotatable bonds is 16. The zero-order valence-corrected chi connectivity index (χ0v) is 18.0. The standard InChI is InChI=1S/C22H41NO4/c1-6-8-10-11-12-13-14-15-16-18-26-21(24)20(19(3)4)23(5)22(25)27-17-9-7-2/h7,19-20H,2,6,8-18H2,1,3-5H3. The Balaban J connectivity index is 4.05. The van der Waals surface area contributed by atoms with E-state index in [4.69, 9.17) is 9.47 Å². The Morgan fingerprint density at radius 3 is 2.00 bits per heavy atom. The summed E-state index contributed by atoms with van der Waals surface area (Å²) in [5, 5.41) is 0. The maximum atomic E-state index is 12.4. The lowest BCUT2D eigenvalue weighted by molar-refractivity contribution is -0.150. The molecule has 0 saturated carbocycles. The molecular formula is C22H41NO4. The summed E-state index contributed by atoms with van der Waals surface area (Å²) in [6.45, 7) is 10.3. The van der Waals surface area contributed by atoms with Gasteiger partial charge in [-0.1, -0.05) is 78.2 Å². The van der Waals surface area contributed by atoms with Gasteiger partial charge in [0.05, 0.1) is 13.2 Å². The smallest absolute Gasteiger partial charge is 0.410 e. The molecule has 0 aromatic carbocycles. The molecule has 0 bridgehead atoms. The van der Waals surface area contributed by atoms with Crippen molar-refractivity contribution in [3.05, 3.63) is 12.7 Å². The lowest BCUT2D eigenvalue weighted by Crippen LogP contribution is -2.46. The SMILES string of the molecule is C=CCCOC(=O)N(C)C(C(=O)OCCCCCCCCCCC)C(C)C. The first-order valence-electron chi connectivity index (χ1n) is 10.6. The van der Waals surface area contributed by atoms with E-state index >= 15 is 0 Å². The molecule has 158 valence electrons. The van der Waals surface area contributed by atoms with E-state index in [0.717, 1.165) is 12.8 Å². The van der Waals surface area contributed by atoms with Crippen molar-refractivity contribution >= 4 is 12.1 Å². The third kappa shape index (κ3) is 12.5. The first-order chi connectivity index (χ1) is 13.0. The number of nitrogens with zero attached hydrogens (tertiary/aromatic N) is 1. The average molecular weight is 384 g/mol.